The highest BCUT2D eigenvalue weighted by Gasteiger charge is 2.35. The summed E-state index contributed by atoms with van der Waals surface area (Å²) in [6.45, 7) is 4.63. The monoisotopic (exact) mass is 654 g/mol. The molecule has 4 heteroatoms. The van der Waals surface area contributed by atoms with Crippen molar-refractivity contribution in [3.63, 3.8) is 0 Å². The molecule has 0 spiro atoms. The first-order chi connectivity index (χ1) is 25.0. The highest BCUT2D eigenvalue weighted by molar-refractivity contribution is 5.87. The highest BCUT2D eigenvalue weighted by atomic mass is 15.0. The van der Waals surface area contributed by atoms with Crippen molar-refractivity contribution in [1.82, 2.24) is 19.9 Å². The van der Waals surface area contributed by atoms with Crippen LogP contribution in [0, 0.1) is 0 Å². The third-order valence-corrected chi connectivity index (χ3v) is 10.0. The molecule has 8 aromatic rings. The molecule has 0 radical (unpaired) electrons. The van der Waals surface area contributed by atoms with E-state index in [0.29, 0.717) is 17.5 Å². The minimum atomic E-state index is -0.0527. The van der Waals surface area contributed by atoms with Gasteiger partial charge in [-0.1, -0.05) is 135 Å². The Morgan fingerprint density at radius 1 is 0.333 bits per heavy atom. The molecule has 0 fully saturated rings. The lowest BCUT2D eigenvalue weighted by Crippen LogP contribution is -2.14. The van der Waals surface area contributed by atoms with Crippen LogP contribution in [0.2, 0.25) is 0 Å². The van der Waals surface area contributed by atoms with Gasteiger partial charge in [-0.3, -0.25) is 4.98 Å². The van der Waals surface area contributed by atoms with Crippen molar-refractivity contribution < 1.29 is 0 Å². The number of benzene rings is 6. The maximum Gasteiger partial charge on any atom is 0.164 e. The molecule has 0 bridgehead atoms. The number of hydrogen-bond donors (Lipinski definition) is 0. The quantitative estimate of drug-likeness (QED) is 0.179. The van der Waals surface area contributed by atoms with Crippen molar-refractivity contribution in [2.24, 2.45) is 0 Å². The predicted molar refractivity (Wildman–Crippen MR) is 208 cm³/mol. The lowest BCUT2D eigenvalue weighted by atomic mass is 9.82. The number of fused-ring (bicyclic) bond motifs is 3. The largest absolute Gasteiger partial charge is 0.265 e. The zero-order chi connectivity index (χ0) is 34.4. The Bertz CT molecular complexity index is 2520. The fourth-order valence-electron chi connectivity index (χ4n) is 7.33. The molecule has 1 aliphatic carbocycles. The van der Waals surface area contributed by atoms with Gasteiger partial charge in [0.25, 0.3) is 0 Å². The Morgan fingerprint density at radius 2 is 0.784 bits per heavy atom. The molecule has 242 valence electrons. The average Bonchev–Trinajstić information content (AvgIpc) is 3.44. The van der Waals surface area contributed by atoms with Crippen molar-refractivity contribution in [3.05, 3.63) is 181 Å². The lowest BCUT2D eigenvalue weighted by Gasteiger charge is -2.21. The van der Waals surface area contributed by atoms with Crippen molar-refractivity contribution in [3.8, 4) is 78.7 Å². The minimum Gasteiger partial charge on any atom is -0.265 e. The molecule has 0 aliphatic heterocycles. The average molecular weight is 655 g/mol. The van der Waals surface area contributed by atoms with E-state index >= 15 is 0 Å². The molecule has 0 atom stereocenters. The van der Waals surface area contributed by atoms with Crippen molar-refractivity contribution >= 4 is 0 Å². The van der Waals surface area contributed by atoms with Crippen LogP contribution in [0.4, 0.5) is 0 Å². The summed E-state index contributed by atoms with van der Waals surface area (Å²) in [5.41, 5.74) is 14.8. The molecule has 1 aliphatic rings. The first kappa shape index (κ1) is 30.5. The number of nitrogens with zero attached hydrogens (tertiary/aromatic N) is 4. The van der Waals surface area contributed by atoms with E-state index in [4.69, 9.17) is 15.0 Å². The van der Waals surface area contributed by atoms with Gasteiger partial charge in [0, 0.05) is 34.5 Å². The van der Waals surface area contributed by atoms with Gasteiger partial charge in [0.05, 0.1) is 0 Å². The van der Waals surface area contributed by atoms with Crippen molar-refractivity contribution in [2.45, 2.75) is 19.3 Å². The normalized spacial score (nSPS) is 12.7. The minimum absolute atomic E-state index is 0.0527. The number of pyridine rings is 1. The Balaban J connectivity index is 1.21. The summed E-state index contributed by atoms with van der Waals surface area (Å²) < 4.78 is 0. The summed E-state index contributed by atoms with van der Waals surface area (Å²) in [4.78, 5) is 19.5. The molecule has 2 heterocycles. The Morgan fingerprint density at radius 3 is 1.47 bits per heavy atom. The van der Waals surface area contributed by atoms with Crippen LogP contribution in [0.25, 0.3) is 78.7 Å². The van der Waals surface area contributed by atoms with Crippen molar-refractivity contribution in [2.75, 3.05) is 0 Å². The van der Waals surface area contributed by atoms with E-state index in [2.05, 4.69) is 128 Å². The van der Waals surface area contributed by atoms with Crippen LogP contribution in [0.5, 0.6) is 0 Å². The first-order valence-corrected chi connectivity index (χ1v) is 17.3. The molecule has 9 rings (SSSR count). The number of aromatic nitrogens is 4. The van der Waals surface area contributed by atoms with E-state index in [1.54, 1.807) is 0 Å². The van der Waals surface area contributed by atoms with Gasteiger partial charge in [0.15, 0.2) is 17.5 Å². The molecular weight excluding hydrogens is 621 g/mol. The van der Waals surface area contributed by atoms with Gasteiger partial charge in [-0.2, -0.15) is 0 Å². The predicted octanol–water partition coefficient (Wildman–Crippen LogP) is 11.6. The van der Waals surface area contributed by atoms with Gasteiger partial charge in [0.2, 0.25) is 0 Å². The SMILES string of the molecule is CC1(C)c2ccccc2-c2cc(-c3cc(-c4ccncc4)cc(-c4nc(-c5ccccc5)nc(-c5ccc(-c6ccccc6)cc5)n4)c3)ccc21. The van der Waals surface area contributed by atoms with Crippen LogP contribution >= 0.6 is 0 Å². The van der Waals surface area contributed by atoms with Crippen molar-refractivity contribution in [1.29, 1.82) is 0 Å². The first-order valence-electron chi connectivity index (χ1n) is 17.3. The third kappa shape index (κ3) is 5.61. The zero-order valence-corrected chi connectivity index (χ0v) is 28.5. The molecule has 4 nitrogen and oxygen atoms in total. The van der Waals surface area contributed by atoms with Gasteiger partial charge in [-0.25, -0.2) is 15.0 Å². The molecule has 0 amide bonds. The maximum atomic E-state index is 5.14. The summed E-state index contributed by atoms with van der Waals surface area (Å²) in [5, 5.41) is 0. The second kappa shape index (κ2) is 12.4. The summed E-state index contributed by atoms with van der Waals surface area (Å²) in [5.74, 6) is 1.89. The Hall–Kier alpha value is -6.52. The molecule has 2 aromatic heterocycles. The summed E-state index contributed by atoms with van der Waals surface area (Å²) in [7, 11) is 0. The molecule has 0 saturated heterocycles. The molecule has 6 aromatic carbocycles. The van der Waals surface area contributed by atoms with Gasteiger partial charge in [-0.15, -0.1) is 0 Å². The van der Waals surface area contributed by atoms with Crippen LogP contribution in [0.1, 0.15) is 25.0 Å². The van der Waals surface area contributed by atoms with Gasteiger partial charge in [0.1, 0.15) is 0 Å². The van der Waals surface area contributed by atoms with E-state index in [1.165, 1.54) is 27.8 Å². The lowest BCUT2D eigenvalue weighted by molar-refractivity contribution is 0.660. The van der Waals surface area contributed by atoms with E-state index in [0.717, 1.165) is 44.5 Å². The van der Waals surface area contributed by atoms with E-state index in [1.807, 2.05) is 60.9 Å². The topological polar surface area (TPSA) is 51.6 Å². The molecule has 0 N–H and O–H groups in total. The number of hydrogen-bond acceptors (Lipinski definition) is 4. The summed E-state index contributed by atoms with van der Waals surface area (Å²) in [6.07, 6.45) is 3.67. The van der Waals surface area contributed by atoms with Gasteiger partial charge < -0.3 is 0 Å². The van der Waals surface area contributed by atoms with Crippen LogP contribution < -0.4 is 0 Å². The Kier molecular flexibility index (Phi) is 7.44. The standard InChI is InChI=1S/C47H34N4/c1-47(2)42-16-10-9-15-40(42)41-30-36(21-22-43(41)47)38-27-37(33-23-25-48-26-24-33)28-39(29-38)46-50-44(34-13-7-4-8-14-34)49-45(51-46)35-19-17-32(18-20-35)31-11-5-3-6-12-31/h3-30H,1-2H3. The second-order valence-corrected chi connectivity index (χ2v) is 13.6. The van der Waals surface area contributed by atoms with Crippen LogP contribution in [-0.4, -0.2) is 19.9 Å². The molecular formula is C47H34N4. The molecule has 0 saturated carbocycles. The van der Waals surface area contributed by atoms with Crippen LogP contribution in [-0.2, 0) is 5.41 Å². The van der Waals surface area contributed by atoms with E-state index < -0.39 is 0 Å². The molecule has 0 unspecified atom stereocenters. The van der Waals surface area contributed by atoms with Gasteiger partial charge in [-0.05, 0) is 92.0 Å². The zero-order valence-electron chi connectivity index (χ0n) is 28.5. The van der Waals surface area contributed by atoms with Gasteiger partial charge >= 0.3 is 0 Å². The smallest absolute Gasteiger partial charge is 0.164 e. The summed E-state index contributed by atoms with van der Waals surface area (Å²) >= 11 is 0. The second-order valence-electron chi connectivity index (χ2n) is 13.6. The number of rotatable bonds is 6. The van der Waals surface area contributed by atoms with E-state index in [9.17, 15) is 0 Å². The maximum absolute atomic E-state index is 5.14. The van der Waals surface area contributed by atoms with Crippen LogP contribution in [0.15, 0.2) is 170 Å². The Labute approximate surface area is 298 Å². The van der Waals surface area contributed by atoms with E-state index in [-0.39, 0.29) is 5.41 Å². The highest BCUT2D eigenvalue weighted by Crippen LogP contribution is 2.49. The summed E-state index contributed by atoms with van der Waals surface area (Å²) in [6, 6.07) is 55.4. The van der Waals surface area contributed by atoms with Crippen LogP contribution in [0.3, 0.4) is 0 Å². The molecule has 51 heavy (non-hydrogen) atoms. The fourth-order valence-corrected chi connectivity index (χ4v) is 7.33. The fraction of sp³-hybridized carbons (Fsp3) is 0.0638. The third-order valence-electron chi connectivity index (χ3n) is 10.0.